The van der Waals surface area contributed by atoms with E-state index in [0.717, 1.165) is 6.54 Å². The number of benzene rings is 1. The van der Waals surface area contributed by atoms with E-state index in [0.29, 0.717) is 26.2 Å². The quantitative estimate of drug-likeness (QED) is 0.759. The standard InChI is InChI=1S/C16H25F3N2OSi/c1-23(2,3)22-15(16(17,18)19)21-11-9-20(10-12-21)13-14-7-5-4-6-8-14/h4-8,15H,9-13H2,1-3H3. The first-order valence-electron chi connectivity index (χ1n) is 7.90. The molecule has 0 spiro atoms. The van der Waals surface area contributed by atoms with Crippen LogP contribution in [0.2, 0.25) is 19.6 Å². The van der Waals surface area contributed by atoms with Crippen molar-refractivity contribution in [3.8, 4) is 0 Å². The third kappa shape index (κ3) is 5.91. The zero-order valence-corrected chi connectivity index (χ0v) is 14.9. The van der Waals surface area contributed by atoms with Gasteiger partial charge in [-0.2, -0.15) is 13.2 Å². The number of rotatable bonds is 5. The van der Waals surface area contributed by atoms with Crippen LogP contribution in [0.3, 0.4) is 0 Å². The lowest BCUT2D eigenvalue weighted by atomic mass is 10.2. The van der Waals surface area contributed by atoms with Crippen LogP contribution in [0, 0.1) is 0 Å². The lowest BCUT2D eigenvalue weighted by Crippen LogP contribution is -2.57. The molecule has 130 valence electrons. The molecule has 0 bridgehead atoms. The molecule has 0 saturated carbocycles. The van der Waals surface area contributed by atoms with Crippen molar-refractivity contribution in [1.82, 2.24) is 9.80 Å². The smallest absolute Gasteiger partial charge is 0.395 e. The summed E-state index contributed by atoms with van der Waals surface area (Å²) in [5, 5.41) is 0. The number of hydrogen-bond acceptors (Lipinski definition) is 3. The van der Waals surface area contributed by atoms with E-state index >= 15 is 0 Å². The van der Waals surface area contributed by atoms with Gasteiger partial charge in [0.25, 0.3) is 0 Å². The van der Waals surface area contributed by atoms with E-state index in [1.165, 1.54) is 10.5 Å². The maximum absolute atomic E-state index is 13.3. The third-order valence-corrected chi connectivity index (χ3v) is 4.66. The molecule has 1 aliphatic rings. The van der Waals surface area contributed by atoms with Crippen LogP contribution in [0.5, 0.6) is 0 Å². The molecule has 0 radical (unpaired) electrons. The topological polar surface area (TPSA) is 15.7 Å². The fourth-order valence-electron chi connectivity index (χ4n) is 2.68. The first-order valence-corrected chi connectivity index (χ1v) is 11.3. The first-order chi connectivity index (χ1) is 10.6. The number of halogens is 3. The van der Waals surface area contributed by atoms with Crippen LogP contribution in [-0.2, 0) is 11.0 Å². The third-order valence-electron chi connectivity index (χ3n) is 3.73. The van der Waals surface area contributed by atoms with Crippen LogP contribution in [0.4, 0.5) is 13.2 Å². The Morgan fingerprint density at radius 1 is 1.04 bits per heavy atom. The van der Waals surface area contributed by atoms with Crippen molar-refractivity contribution in [2.45, 2.75) is 38.6 Å². The van der Waals surface area contributed by atoms with Gasteiger partial charge in [-0.25, -0.2) is 0 Å². The molecular formula is C16H25F3N2OSi. The van der Waals surface area contributed by atoms with Crippen LogP contribution >= 0.6 is 0 Å². The minimum Gasteiger partial charge on any atom is -0.395 e. The summed E-state index contributed by atoms with van der Waals surface area (Å²) in [7, 11) is -2.27. The molecule has 3 nitrogen and oxygen atoms in total. The van der Waals surface area contributed by atoms with Crippen LogP contribution in [-0.4, -0.2) is 56.7 Å². The molecule has 1 fully saturated rings. The first kappa shape index (κ1) is 18.4. The molecule has 1 heterocycles. The molecule has 23 heavy (non-hydrogen) atoms. The summed E-state index contributed by atoms with van der Waals surface area (Å²) < 4.78 is 45.4. The molecule has 1 aromatic carbocycles. The fraction of sp³-hybridized carbons (Fsp3) is 0.625. The second-order valence-electron chi connectivity index (χ2n) is 6.92. The molecule has 1 saturated heterocycles. The van der Waals surface area contributed by atoms with Gasteiger partial charge in [-0.3, -0.25) is 9.80 Å². The number of nitrogens with zero attached hydrogens (tertiary/aromatic N) is 2. The minimum atomic E-state index is -4.35. The van der Waals surface area contributed by atoms with Gasteiger partial charge in [-0.1, -0.05) is 30.3 Å². The average Bonchev–Trinajstić information content (AvgIpc) is 2.45. The van der Waals surface area contributed by atoms with Crippen LogP contribution in [0.25, 0.3) is 0 Å². The maximum atomic E-state index is 13.3. The summed E-state index contributed by atoms with van der Waals surface area (Å²) in [6, 6.07) is 10.0. The Kier molecular flexibility index (Phi) is 5.88. The van der Waals surface area contributed by atoms with Crippen molar-refractivity contribution in [3.05, 3.63) is 35.9 Å². The molecule has 0 N–H and O–H groups in total. The summed E-state index contributed by atoms with van der Waals surface area (Å²) in [6.07, 6.45) is -6.12. The van der Waals surface area contributed by atoms with Gasteiger partial charge in [0.15, 0.2) is 14.5 Å². The predicted octanol–water partition coefficient (Wildman–Crippen LogP) is 3.54. The van der Waals surface area contributed by atoms with Crippen molar-refractivity contribution in [1.29, 1.82) is 0 Å². The zero-order valence-electron chi connectivity index (χ0n) is 13.9. The highest BCUT2D eigenvalue weighted by Crippen LogP contribution is 2.29. The molecule has 1 atom stereocenters. The Hall–Kier alpha value is -0.893. The molecule has 1 aliphatic heterocycles. The molecule has 7 heteroatoms. The van der Waals surface area contributed by atoms with Gasteiger partial charge in [0, 0.05) is 32.7 Å². The Labute approximate surface area is 137 Å². The van der Waals surface area contributed by atoms with Crippen molar-refractivity contribution in [3.63, 3.8) is 0 Å². The Bertz CT molecular complexity index is 482. The lowest BCUT2D eigenvalue weighted by molar-refractivity contribution is -0.246. The minimum absolute atomic E-state index is 0.376. The van der Waals surface area contributed by atoms with Crippen LogP contribution < -0.4 is 0 Å². The SMILES string of the molecule is C[Si](C)(C)OC(N1CCN(Cc2ccccc2)CC1)C(F)(F)F. The summed E-state index contributed by atoms with van der Waals surface area (Å²) >= 11 is 0. The van der Waals surface area contributed by atoms with Crippen molar-refractivity contribution in [2.24, 2.45) is 0 Å². The highest BCUT2D eigenvalue weighted by Gasteiger charge is 2.47. The summed E-state index contributed by atoms with van der Waals surface area (Å²) in [4.78, 5) is 3.62. The van der Waals surface area contributed by atoms with Gasteiger partial charge >= 0.3 is 6.18 Å². The normalized spacial score (nSPS) is 19.7. The highest BCUT2D eigenvalue weighted by molar-refractivity contribution is 6.69. The van der Waals surface area contributed by atoms with Crippen molar-refractivity contribution in [2.75, 3.05) is 26.2 Å². The zero-order chi connectivity index (χ0) is 17.1. The molecule has 0 amide bonds. The van der Waals surface area contributed by atoms with E-state index in [4.69, 9.17) is 4.43 Å². The second-order valence-corrected chi connectivity index (χ2v) is 11.4. The van der Waals surface area contributed by atoms with Gasteiger partial charge < -0.3 is 4.43 Å². The summed E-state index contributed by atoms with van der Waals surface area (Å²) in [6.45, 7) is 8.14. The Balaban J connectivity index is 1.93. The number of hydrogen-bond donors (Lipinski definition) is 0. The number of alkyl halides is 3. The van der Waals surface area contributed by atoms with E-state index in [1.54, 1.807) is 19.6 Å². The fourth-order valence-corrected chi connectivity index (χ4v) is 3.63. The van der Waals surface area contributed by atoms with Crippen LogP contribution in [0.1, 0.15) is 5.56 Å². The molecule has 2 rings (SSSR count). The molecule has 1 unspecified atom stereocenters. The second kappa shape index (κ2) is 7.34. The van der Waals surface area contributed by atoms with E-state index in [9.17, 15) is 13.2 Å². The van der Waals surface area contributed by atoms with E-state index in [-0.39, 0.29) is 0 Å². The average molecular weight is 346 g/mol. The molecule has 0 aliphatic carbocycles. The Morgan fingerprint density at radius 2 is 1.61 bits per heavy atom. The van der Waals surface area contributed by atoms with Gasteiger partial charge in [0.1, 0.15) is 0 Å². The van der Waals surface area contributed by atoms with Gasteiger partial charge in [-0.15, -0.1) is 0 Å². The largest absolute Gasteiger partial charge is 0.427 e. The lowest BCUT2D eigenvalue weighted by Gasteiger charge is -2.41. The van der Waals surface area contributed by atoms with E-state index in [2.05, 4.69) is 4.90 Å². The highest BCUT2D eigenvalue weighted by atomic mass is 28.4. The van der Waals surface area contributed by atoms with Crippen LogP contribution in [0.15, 0.2) is 30.3 Å². The summed E-state index contributed by atoms with van der Waals surface area (Å²) in [5.74, 6) is 0. The molecule has 0 aromatic heterocycles. The monoisotopic (exact) mass is 346 g/mol. The number of piperazine rings is 1. The van der Waals surface area contributed by atoms with Gasteiger partial charge in [0.05, 0.1) is 0 Å². The van der Waals surface area contributed by atoms with E-state index in [1.807, 2.05) is 30.3 Å². The Morgan fingerprint density at radius 3 is 2.09 bits per heavy atom. The van der Waals surface area contributed by atoms with Gasteiger partial charge in [-0.05, 0) is 25.2 Å². The van der Waals surface area contributed by atoms with Gasteiger partial charge in [0.2, 0.25) is 0 Å². The molecular weight excluding hydrogens is 321 g/mol. The maximum Gasteiger partial charge on any atom is 0.427 e. The van der Waals surface area contributed by atoms with E-state index < -0.39 is 20.7 Å². The predicted molar refractivity (Wildman–Crippen MR) is 87.6 cm³/mol. The summed E-state index contributed by atoms with van der Waals surface area (Å²) in [5.41, 5.74) is 1.19. The molecule has 1 aromatic rings. The van der Waals surface area contributed by atoms with Crippen molar-refractivity contribution < 1.29 is 17.6 Å². The van der Waals surface area contributed by atoms with Crippen molar-refractivity contribution >= 4 is 8.32 Å².